The van der Waals surface area contributed by atoms with E-state index in [2.05, 4.69) is 5.32 Å². The van der Waals surface area contributed by atoms with Gasteiger partial charge in [0.1, 0.15) is 12.4 Å². The van der Waals surface area contributed by atoms with E-state index in [4.69, 9.17) is 0 Å². The molecule has 0 saturated carbocycles. The SMILES string of the molecule is C[n+]1ccn(CCC(=O)Nc2ccccc2)c1. The number of imidazole rings is 1. The van der Waals surface area contributed by atoms with Crippen molar-refractivity contribution in [3.63, 3.8) is 0 Å². The van der Waals surface area contributed by atoms with Crippen LogP contribution < -0.4 is 9.88 Å². The van der Waals surface area contributed by atoms with Crippen LogP contribution in [-0.4, -0.2) is 10.5 Å². The Morgan fingerprint density at radius 2 is 2.12 bits per heavy atom. The van der Waals surface area contributed by atoms with E-state index in [1.165, 1.54) is 0 Å². The lowest BCUT2D eigenvalue weighted by molar-refractivity contribution is -0.671. The minimum Gasteiger partial charge on any atom is -0.326 e. The second-order valence-corrected chi connectivity index (χ2v) is 3.98. The molecule has 4 nitrogen and oxygen atoms in total. The van der Waals surface area contributed by atoms with Crippen LogP contribution in [0.25, 0.3) is 0 Å². The van der Waals surface area contributed by atoms with E-state index in [-0.39, 0.29) is 5.91 Å². The van der Waals surface area contributed by atoms with E-state index < -0.39 is 0 Å². The number of benzene rings is 1. The molecule has 0 aliphatic carbocycles. The summed E-state index contributed by atoms with van der Waals surface area (Å²) in [5.74, 6) is 0.0348. The van der Waals surface area contributed by atoms with E-state index in [0.717, 1.165) is 5.69 Å². The molecule has 1 amide bonds. The lowest BCUT2D eigenvalue weighted by Crippen LogP contribution is -2.24. The monoisotopic (exact) mass is 230 g/mol. The third-order valence-corrected chi connectivity index (χ3v) is 2.48. The molecule has 0 bridgehead atoms. The molecule has 17 heavy (non-hydrogen) atoms. The highest BCUT2D eigenvalue weighted by Gasteiger charge is 2.05. The molecular weight excluding hydrogens is 214 g/mol. The number of anilines is 1. The highest BCUT2D eigenvalue weighted by atomic mass is 16.1. The van der Waals surface area contributed by atoms with Gasteiger partial charge in [0.15, 0.2) is 0 Å². The summed E-state index contributed by atoms with van der Waals surface area (Å²) in [6.45, 7) is 0.694. The molecule has 1 heterocycles. The van der Waals surface area contributed by atoms with Crippen LogP contribution in [0.4, 0.5) is 5.69 Å². The maximum atomic E-state index is 11.7. The number of hydrogen-bond acceptors (Lipinski definition) is 1. The summed E-state index contributed by atoms with van der Waals surface area (Å²) in [4.78, 5) is 11.7. The summed E-state index contributed by atoms with van der Waals surface area (Å²) in [5, 5.41) is 2.86. The fraction of sp³-hybridized carbons (Fsp3) is 0.231. The summed E-state index contributed by atoms with van der Waals surface area (Å²) >= 11 is 0. The Kier molecular flexibility index (Phi) is 3.55. The number of carbonyl (C=O) groups excluding carboxylic acids is 1. The second kappa shape index (κ2) is 5.30. The number of rotatable bonds is 4. The molecule has 1 aromatic heterocycles. The summed E-state index contributed by atoms with van der Waals surface area (Å²) in [7, 11) is 1.96. The number of para-hydroxylation sites is 1. The molecule has 2 aromatic rings. The molecule has 0 aliphatic rings. The molecule has 1 N–H and O–H groups in total. The molecule has 2 rings (SSSR count). The molecule has 0 spiro atoms. The minimum absolute atomic E-state index is 0.0348. The third-order valence-electron chi connectivity index (χ3n) is 2.48. The van der Waals surface area contributed by atoms with Gasteiger partial charge >= 0.3 is 0 Å². The number of hydrogen-bond donors (Lipinski definition) is 1. The molecule has 0 unspecified atom stereocenters. The Morgan fingerprint density at radius 1 is 1.35 bits per heavy atom. The Hall–Kier alpha value is -2.10. The van der Waals surface area contributed by atoms with Crippen molar-refractivity contribution in [2.24, 2.45) is 7.05 Å². The number of aryl methyl sites for hydroxylation is 2. The number of nitrogens with one attached hydrogen (secondary N) is 1. The topological polar surface area (TPSA) is 37.9 Å². The minimum atomic E-state index is 0.0348. The normalized spacial score (nSPS) is 10.2. The van der Waals surface area contributed by atoms with Gasteiger partial charge in [0.05, 0.1) is 20.0 Å². The maximum Gasteiger partial charge on any atom is 0.243 e. The highest BCUT2D eigenvalue weighted by Crippen LogP contribution is 2.05. The molecule has 0 aliphatic heterocycles. The lowest BCUT2D eigenvalue weighted by atomic mass is 10.3. The van der Waals surface area contributed by atoms with Gasteiger partial charge in [-0.2, -0.15) is 0 Å². The van der Waals surface area contributed by atoms with Crippen molar-refractivity contribution in [3.05, 3.63) is 49.1 Å². The smallest absolute Gasteiger partial charge is 0.243 e. The number of amides is 1. The number of nitrogens with zero attached hydrogens (tertiary/aromatic N) is 2. The van der Waals surface area contributed by atoms with Gasteiger partial charge in [0, 0.05) is 5.69 Å². The van der Waals surface area contributed by atoms with E-state index in [1.807, 2.05) is 65.2 Å². The van der Waals surface area contributed by atoms with Crippen molar-refractivity contribution in [2.75, 3.05) is 5.32 Å². The van der Waals surface area contributed by atoms with Crippen LogP contribution in [-0.2, 0) is 18.4 Å². The van der Waals surface area contributed by atoms with Gasteiger partial charge in [-0.05, 0) is 12.1 Å². The van der Waals surface area contributed by atoms with Gasteiger partial charge in [0.2, 0.25) is 12.2 Å². The Morgan fingerprint density at radius 3 is 2.76 bits per heavy atom. The van der Waals surface area contributed by atoms with Crippen LogP contribution in [0.1, 0.15) is 6.42 Å². The molecule has 4 heteroatoms. The van der Waals surface area contributed by atoms with Crippen LogP contribution in [0.3, 0.4) is 0 Å². The van der Waals surface area contributed by atoms with Gasteiger partial charge in [0.25, 0.3) is 0 Å². The molecule has 0 radical (unpaired) electrons. The Balaban J connectivity index is 1.82. The summed E-state index contributed by atoms with van der Waals surface area (Å²) in [5.41, 5.74) is 0.843. The standard InChI is InChI=1S/C13H15N3O/c1-15-9-10-16(11-15)8-7-13(17)14-12-5-3-2-4-6-12/h2-6,9-11H,7-8H2,1H3/p+1. The van der Waals surface area contributed by atoms with E-state index in [0.29, 0.717) is 13.0 Å². The molecule has 1 aromatic carbocycles. The zero-order valence-corrected chi connectivity index (χ0v) is 9.84. The van der Waals surface area contributed by atoms with E-state index in [9.17, 15) is 4.79 Å². The van der Waals surface area contributed by atoms with Crippen LogP contribution in [0.2, 0.25) is 0 Å². The van der Waals surface area contributed by atoms with E-state index >= 15 is 0 Å². The van der Waals surface area contributed by atoms with Gasteiger partial charge in [-0.15, -0.1) is 0 Å². The fourth-order valence-electron chi connectivity index (χ4n) is 1.61. The van der Waals surface area contributed by atoms with Crippen molar-refractivity contribution >= 4 is 11.6 Å². The summed E-state index contributed by atoms with van der Waals surface area (Å²) < 4.78 is 3.94. The van der Waals surface area contributed by atoms with Crippen LogP contribution >= 0.6 is 0 Å². The molecule has 88 valence electrons. The van der Waals surface area contributed by atoms with Gasteiger partial charge in [-0.1, -0.05) is 18.2 Å². The Labute approximate surface area is 101 Å². The number of carbonyl (C=O) groups is 1. The fourth-order valence-corrected chi connectivity index (χ4v) is 1.61. The highest BCUT2D eigenvalue weighted by molar-refractivity contribution is 5.90. The van der Waals surface area contributed by atoms with Crippen molar-refractivity contribution in [1.82, 2.24) is 4.57 Å². The van der Waals surface area contributed by atoms with Crippen molar-refractivity contribution in [1.29, 1.82) is 0 Å². The predicted molar refractivity (Wildman–Crippen MR) is 65.3 cm³/mol. The summed E-state index contributed by atoms with van der Waals surface area (Å²) in [6.07, 6.45) is 6.34. The zero-order valence-electron chi connectivity index (χ0n) is 9.84. The first-order valence-electron chi connectivity index (χ1n) is 5.60. The van der Waals surface area contributed by atoms with Crippen molar-refractivity contribution < 1.29 is 9.36 Å². The van der Waals surface area contributed by atoms with Crippen LogP contribution in [0.5, 0.6) is 0 Å². The molecule has 0 fully saturated rings. The van der Waals surface area contributed by atoms with Gasteiger partial charge in [-0.25, -0.2) is 9.13 Å². The lowest BCUT2D eigenvalue weighted by Gasteiger charge is -2.03. The van der Waals surface area contributed by atoms with Crippen molar-refractivity contribution in [2.45, 2.75) is 13.0 Å². The third kappa shape index (κ3) is 3.45. The van der Waals surface area contributed by atoms with Crippen LogP contribution in [0.15, 0.2) is 49.1 Å². The Bertz CT molecular complexity index is 490. The first-order chi connectivity index (χ1) is 8.24. The molecule has 0 atom stereocenters. The second-order valence-electron chi connectivity index (χ2n) is 3.98. The average molecular weight is 230 g/mol. The first-order valence-corrected chi connectivity index (χ1v) is 5.60. The van der Waals surface area contributed by atoms with Crippen LogP contribution in [0, 0.1) is 0 Å². The van der Waals surface area contributed by atoms with Crippen molar-refractivity contribution in [3.8, 4) is 0 Å². The first kappa shape index (κ1) is 11.4. The molecular formula is C13H16N3O+. The molecule has 0 saturated heterocycles. The largest absolute Gasteiger partial charge is 0.326 e. The van der Waals surface area contributed by atoms with E-state index in [1.54, 1.807) is 0 Å². The summed E-state index contributed by atoms with van der Waals surface area (Å²) in [6, 6.07) is 9.50. The number of aromatic nitrogens is 2. The average Bonchev–Trinajstić information content (AvgIpc) is 2.74. The predicted octanol–water partition coefficient (Wildman–Crippen LogP) is 1.34. The van der Waals surface area contributed by atoms with Gasteiger partial charge < -0.3 is 5.32 Å². The maximum absolute atomic E-state index is 11.7. The van der Waals surface area contributed by atoms with Gasteiger partial charge in [-0.3, -0.25) is 4.79 Å². The quantitative estimate of drug-likeness (QED) is 0.791. The zero-order chi connectivity index (χ0) is 12.1.